The van der Waals surface area contributed by atoms with Crippen molar-refractivity contribution < 1.29 is 47.6 Å². The van der Waals surface area contributed by atoms with Crippen molar-refractivity contribution in [1.29, 1.82) is 0 Å². The molecule has 0 aliphatic carbocycles. The van der Waals surface area contributed by atoms with E-state index in [2.05, 4.69) is 4.94 Å². The Labute approximate surface area is 182 Å². The van der Waals surface area contributed by atoms with Crippen molar-refractivity contribution in [3.8, 4) is 0 Å². The number of carbonyl (C=O) groups is 4. The van der Waals surface area contributed by atoms with Gasteiger partial charge in [-0.25, -0.2) is 4.79 Å². The lowest BCUT2D eigenvalue weighted by atomic mass is 10.1. The average molecular weight is 451 g/mol. The quantitative estimate of drug-likeness (QED) is 0.343. The first-order valence-electron chi connectivity index (χ1n) is 10.8. The van der Waals surface area contributed by atoms with Crippen molar-refractivity contribution >= 4 is 23.9 Å². The number of halogens is 1. The maximum absolute atomic E-state index is 11.8. The highest BCUT2D eigenvalue weighted by Gasteiger charge is 2.38. The predicted octanol–water partition coefficient (Wildman–Crippen LogP) is 3.71. The fourth-order valence-electron chi connectivity index (χ4n) is 2.55. The van der Waals surface area contributed by atoms with Gasteiger partial charge in [0, 0.05) is 30.2 Å². The molecule has 0 aromatic carbocycles. The van der Waals surface area contributed by atoms with Crippen molar-refractivity contribution in [1.82, 2.24) is 0 Å². The summed E-state index contributed by atoms with van der Waals surface area (Å²) in [5, 5.41) is 0. The maximum atomic E-state index is 11.8. The normalized spacial score (nSPS) is 20.0. The summed E-state index contributed by atoms with van der Waals surface area (Å²) < 4.78 is 32.1. The Balaban J connectivity index is 0.00000110. The third kappa shape index (κ3) is 13.6. The first kappa shape index (κ1) is 28.8. The SMILES string of the molecule is CCCC(=O)OC1CC(OC(=O)CCC)C(OC(=O)CCC)CO1.CCCC(=O)OF. The molecule has 0 amide bonds. The van der Waals surface area contributed by atoms with Gasteiger partial charge in [0.2, 0.25) is 6.29 Å². The zero-order valence-corrected chi connectivity index (χ0v) is 18.9. The van der Waals surface area contributed by atoms with E-state index in [1.807, 2.05) is 20.8 Å². The Kier molecular flexibility index (Phi) is 16.2. The highest BCUT2D eigenvalue weighted by molar-refractivity contribution is 5.71. The molecule has 1 saturated heterocycles. The van der Waals surface area contributed by atoms with Gasteiger partial charge in [-0.05, 0) is 25.7 Å². The molecule has 0 N–H and O–H groups in total. The van der Waals surface area contributed by atoms with Gasteiger partial charge in [-0.1, -0.05) is 27.7 Å². The molecule has 1 fully saturated rings. The van der Waals surface area contributed by atoms with Crippen molar-refractivity contribution in [3.63, 3.8) is 0 Å². The number of carbonyl (C=O) groups excluding carboxylic acids is 4. The standard InChI is InChI=1S/C17H28O7.C4H7FO2/c1-4-7-14(18)22-12-10-17(24-16(20)9-6-3)21-11-13(12)23-15(19)8-5-2;1-2-3-4(6)7-5/h12-13,17H,4-11H2,1-3H3;2-3H2,1H3. The van der Waals surface area contributed by atoms with E-state index in [4.69, 9.17) is 18.9 Å². The lowest BCUT2D eigenvalue weighted by molar-refractivity contribution is -0.230. The molecule has 3 unspecified atom stereocenters. The van der Waals surface area contributed by atoms with Crippen LogP contribution in [0.4, 0.5) is 4.53 Å². The van der Waals surface area contributed by atoms with E-state index in [9.17, 15) is 23.7 Å². The van der Waals surface area contributed by atoms with Crippen LogP contribution in [0.1, 0.15) is 85.5 Å². The molecular formula is C21H35FO9. The van der Waals surface area contributed by atoms with E-state index in [-0.39, 0.29) is 43.8 Å². The largest absolute Gasteiger partial charge is 0.458 e. The molecule has 1 heterocycles. The molecule has 1 aliphatic heterocycles. The molecule has 0 spiro atoms. The van der Waals surface area contributed by atoms with Crippen LogP contribution in [0, 0.1) is 0 Å². The molecule has 1 rings (SSSR count). The molecule has 10 heteroatoms. The highest BCUT2D eigenvalue weighted by atomic mass is 19.3. The topological polar surface area (TPSA) is 114 Å². The second kappa shape index (κ2) is 17.5. The predicted molar refractivity (Wildman–Crippen MR) is 107 cm³/mol. The number of hydrogen-bond donors (Lipinski definition) is 0. The first-order chi connectivity index (χ1) is 14.8. The van der Waals surface area contributed by atoms with E-state index in [1.54, 1.807) is 6.92 Å². The van der Waals surface area contributed by atoms with Gasteiger partial charge in [0.25, 0.3) is 0 Å². The van der Waals surface area contributed by atoms with Crippen LogP contribution < -0.4 is 0 Å². The number of ether oxygens (including phenoxy) is 4. The van der Waals surface area contributed by atoms with Crippen molar-refractivity contribution in [2.24, 2.45) is 0 Å². The van der Waals surface area contributed by atoms with Gasteiger partial charge in [-0.2, -0.15) is 0 Å². The Morgan fingerprint density at radius 2 is 1.13 bits per heavy atom. The van der Waals surface area contributed by atoms with E-state index < -0.39 is 24.5 Å². The number of rotatable bonds is 11. The van der Waals surface area contributed by atoms with Crippen LogP contribution in [0.25, 0.3) is 0 Å². The van der Waals surface area contributed by atoms with Crippen LogP contribution in [0.5, 0.6) is 0 Å². The van der Waals surface area contributed by atoms with Crippen LogP contribution in [0.3, 0.4) is 0 Å². The van der Waals surface area contributed by atoms with Crippen molar-refractivity contribution in [2.45, 2.75) is 104 Å². The van der Waals surface area contributed by atoms with E-state index in [1.165, 1.54) is 0 Å². The Bertz CT molecular complexity index is 553. The summed E-state index contributed by atoms with van der Waals surface area (Å²) in [6.45, 7) is 7.43. The van der Waals surface area contributed by atoms with Crippen LogP contribution in [-0.2, 0) is 43.1 Å². The molecule has 0 saturated carbocycles. The Morgan fingerprint density at radius 3 is 1.55 bits per heavy atom. The molecule has 0 radical (unpaired) electrons. The molecule has 3 atom stereocenters. The van der Waals surface area contributed by atoms with E-state index in [0.717, 1.165) is 0 Å². The zero-order chi connectivity index (χ0) is 23.6. The summed E-state index contributed by atoms with van der Waals surface area (Å²) in [5.74, 6) is -1.87. The summed E-state index contributed by atoms with van der Waals surface area (Å²) in [4.78, 5) is 47.8. The number of esters is 3. The third-order valence-electron chi connectivity index (χ3n) is 4.02. The number of hydrogen-bond acceptors (Lipinski definition) is 9. The van der Waals surface area contributed by atoms with Crippen LogP contribution >= 0.6 is 0 Å². The zero-order valence-electron chi connectivity index (χ0n) is 18.9. The summed E-state index contributed by atoms with van der Waals surface area (Å²) in [6, 6.07) is 0. The van der Waals surface area contributed by atoms with Gasteiger partial charge < -0.3 is 18.9 Å². The lowest BCUT2D eigenvalue weighted by Crippen LogP contribution is -2.47. The average Bonchev–Trinajstić information content (AvgIpc) is 2.71. The third-order valence-corrected chi connectivity index (χ3v) is 4.02. The first-order valence-corrected chi connectivity index (χ1v) is 10.8. The molecule has 0 aromatic rings. The second-order valence-corrected chi connectivity index (χ2v) is 6.99. The fraction of sp³-hybridized carbons (Fsp3) is 0.810. The van der Waals surface area contributed by atoms with Gasteiger partial charge >= 0.3 is 23.9 Å². The Morgan fingerprint density at radius 1 is 0.710 bits per heavy atom. The molecule has 31 heavy (non-hydrogen) atoms. The van der Waals surface area contributed by atoms with Crippen LogP contribution in [0.15, 0.2) is 0 Å². The van der Waals surface area contributed by atoms with Crippen LogP contribution in [0.2, 0.25) is 0 Å². The Hall–Kier alpha value is -2.23. The highest BCUT2D eigenvalue weighted by Crippen LogP contribution is 2.23. The summed E-state index contributed by atoms with van der Waals surface area (Å²) >= 11 is 0. The van der Waals surface area contributed by atoms with Crippen LogP contribution in [-0.4, -0.2) is 49.0 Å². The smallest absolute Gasteiger partial charge is 0.348 e. The van der Waals surface area contributed by atoms with Gasteiger partial charge in [-0.15, -0.1) is 0 Å². The summed E-state index contributed by atoms with van der Waals surface area (Å²) in [6.07, 6.45) is 1.71. The van der Waals surface area contributed by atoms with Gasteiger partial charge in [-0.3, -0.25) is 19.3 Å². The molecular weight excluding hydrogens is 415 g/mol. The lowest BCUT2D eigenvalue weighted by Gasteiger charge is -2.34. The monoisotopic (exact) mass is 450 g/mol. The minimum Gasteiger partial charge on any atom is -0.458 e. The molecule has 1 aliphatic rings. The molecule has 0 bridgehead atoms. The minimum absolute atomic E-state index is 0.0313. The molecule has 9 nitrogen and oxygen atoms in total. The van der Waals surface area contributed by atoms with E-state index in [0.29, 0.717) is 38.5 Å². The van der Waals surface area contributed by atoms with Crippen molar-refractivity contribution in [2.75, 3.05) is 6.61 Å². The summed E-state index contributed by atoms with van der Waals surface area (Å²) in [7, 11) is 0. The van der Waals surface area contributed by atoms with Gasteiger partial charge in [0.1, 0.15) is 6.10 Å². The second-order valence-electron chi connectivity index (χ2n) is 6.99. The van der Waals surface area contributed by atoms with Gasteiger partial charge in [0.05, 0.1) is 13.0 Å². The molecule has 180 valence electrons. The fourth-order valence-corrected chi connectivity index (χ4v) is 2.55. The minimum atomic E-state index is -0.789. The van der Waals surface area contributed by atoms with E-state index >= 15 is 0 Å². The molecule has 0 aromatic heterocycles. The van der Waals surface area contributed by atoms with Gasteiger partial charge in [0.15, 0.2) is 6.10 Å². The van der Waals surface area contributed by atoms with Crippen molar-refractivity contribution in [3.05, 3.63) is 0 Å². The maximum Gasteiger partial charge on any atom is 0.348 e. The summed E-state index contributed by atoms with van der Waals surface area (Å²) in [5.41, 5.74) is 0.